The largest absolute Gasteiger partial charge is 0.320 e. The number of urea groups is 1. The zero-order chi connectivity index (χ0) is 14.5. The molecule has 0 spiro atoms. The molecule has 0 radical (unpaired) electrons. The second-order valence-corrected chi connectivity index (χ2v) is 4.10. The number of carbonyl (C=O) groups is 1. The maximum atomic E-state index is 13.3. The number of hydrogen-bond acceptors (Lipinski definition) is 2. The van der Waals surface area contributed by atoms with Gasteiger partial charge in [0.2, 0.25) is 0 Å². The lowest BCUT2D eigenvalue weighted by Gasteiger charge is -2.25. The molecule has 6 heteroatoms. The molecule has 0 aliphatic rings. The molecule has 0 aromatic heterocycles. The standard InChI is InChI=1S/C13H15F2N3O/c1-3-13(4-2,8-16)18-12(19)17-11-6-5-9(14)7-10(11)15/h5-7H,3-4H2,1-2H3,(H2,17,18,19). The van der Waals surface area contributed by atoms with E-state index in [1.54, 1.807) is 13.8 Å². The molecular formula is C13H15F2N3O. The summed E-state index contributed by atoms with van der Waals surface area (Å²) in [5, 5.41) is 13.8. The predicted octanol–water partition coefficient (Wildman–Crippen LogP) is 3.17. The van der Waals surface area contributed by atoms with Gasteiger partial charge >= 0.3 is 6.03 Å². The molecule has 1 aromatic rings. The first-order chi connectivity index (χ1) is 8.96. The molecule has 0 heterocycles. The smallest absolute Gasteiger partial charge is 0.319 e. The molecule has 2 N–H and O–H groups in total. The number of nitrogens with zero attached hydrogens (tertiary/aromatic N) is 1. The number of halogens is 2. The SMILES string of the molecule is CCC(C#N)(CC)NC(=O)Nc1ccc(F)cc1F. The Hall–Kier alpha value is -2.16. The summed E-state index contributed by atoms with van der Waals surface area (Å²) in [5.74, 6) is -1.59. The zero-order valence-corrected chi connectivity index (χ0v) is 10.8. The van der Waals surface area contributed by atoms with Crippen LogP contribution in [0.25, 0.3) is 0 Å². The second-order valence-electron chi connectivity index (χ2n) is 4.10. The molecule has 1 rings (SSSR count). The molecule has 0 saturated carbocycles. The summed E-state index contributed by atoms with van der Waals surface area (Å²) in [7, 11) is 0. The number of anilines is 1. The Morgan fingerprint density at radius 1 is 1.37 bits per heavy atom. The lowest BCUT2D eigenvalue weighted by molar-refractivity contribution is 0.242. The number of carbonyl (C=O) groups excluding carboxylic acids is 1. The van der Waals surface area contributed by atoms with Gasteiger partial charge in [-0.25, -0.2) is 13.6 Å². The van der Waals surface area contributed by atoms with Crippen molar-refractivity contribution in [2.45, 2.75) is 32.2 Å². The molecule has 1 aromatic carbocycles. The van der Waals surface area contributed by atoms with Gasteiger partial charge in [0.25, 0.3) is 0 Å². The molecule has 0 saturated heterocycles. The van der Waals surface area contributed by atoms with Crippen LogP contribution in [0.3, 0.4) is 0 Å². The van der Waals surface area contributed by atoms with Crippen molar-refractivity contribution in [3.63, 3.8) is 0 Å². The van der Waals surface area contributed by atoms with Crippen molar-refractivity contribution < 1.29 is 13.6 Å². The van der Waals surface area contributed by atoms with Crippen molar-refractivity contribution in [1.29, 1.82) is 5.26 Å². The van der Waals surface area contributed by atoms with Gasteiger partial charge in [0.1, 0.15) is 17.2 Å². The Bertz CT molecular complexity index is 507. The third kappa shape index (κ3) is 3.65. The highest BCUT2D eigenvalue weighted by Crippen LogP contribution is 2.17. The van der Waals surface area contributed by atoms with Crippen LogP contribution in [-0.4, -0.2) is 11.6 Å². The van der Waals surface area contributed by atoms with Crippen molar-refractivity contribution in [2.75, 3.05) is 5.32 Å². The van der Waals surface area contributed by atoms with E-state index in [2.05, 4.69) is 10.6 Å². The summed E-state index contributed by atoms with van der Waals surface area (Å²) in [6.45, 7) is 3.54. The molecule has 0 unspecified atom stereocenters. The van der Waals surface area contributed by atoms with Gasteiger partial charge in [0.05, 0.1) is 11.8 Å². The van der Waals surface area contributed by atoms with Crippen LogP contribution in [-0.2, 0) is 0 Å². The number of rotatable bonds is 4. The van der Waals surface area contributed by atoms with E-state index in [1.165, 1.54) is 0 Å². The third-order valence-electron chi connectivity index (χ3n) is 2.95. The Balaban J connectivity index is 2.78. The predicted molar refractivity (Wildman–Crippen MR) is 67.4 cm³/mol. The summed E-state index contributed by atoms with van der Waals surface area (Å²) in [4.78, 5) is 11.7. The molecule has 0 fully saturated rings. The van der Waals surface area contributed by atoms with Crippen LogP contribution in [0.4, 0.5) is 19.3 Å². The first-order valence-electron chi connectivity index (χ1n) is 5.92. The minimum atomic E-state index is -0.986. The molecule has 0 aliphatic heterocycles. The zero-order valence-electron chi connectivity index (χ0n) is 10.8. The molecule has 2 amide bonds. The van der Waals surface area contributed by atoms with E-state index in [9.17, 15) is 13.6 Å². The van der Waals surface area contributed by atoms with E-state index in [4.69, 9.17) is 5.26 Å². The van der Waals surface area contributed by atoms with Gasteiger partial charge in [0, 0.05) is 6.07 Å². The van der Waals surface area contributed by atoms with E-state index in [0.29, 0.717) is 18.9 Å². The highest BCUT2D eigenvalue weighted by Gasteiger charge is 2.27. The third-order valence-corrected chi connectivity index (χ3v) is 2.95. The maximum Gasteiger partial charge on any atom is 0.320 e. The van der Waals surface area contributed by atoms with Gasteiger partial charge in [-0.15, -0.1) is 0 Å². The van der Waals surface area contributed by atoms with Gasteiger partial charge in [0.15, 0.2) is 0 Å². The van der Waals surface area contributed by atoms with E-state index in [-0.39, 0.29) is 5.69 Å². The van der Waals surface area contributed by atoms with Crippen LogP contribution >= 0.6 is 0 Å². The van der Waals surface area contributed by atoms with E-state index < -0.39 is 23.2 Å². The summed E-state index contributed by atoms with van der Waals surface area (Å²) in [5.41, 5.74) is -1.13. The van der Waals surface area contributed by atoms with Crippen LogP contribution in [0.2, 0.25) is 0 Å². The number of amides is 2. The maximum absolute atomic E-state index is 13.3. The van der Waals surface area contributed by atoms with Crippen molar-refractivity contribution in [2.24, 2.45) is 0 Å². The average molecular weight is 267 g/mol. The number of benzene rings is 1. The average Bonchev–Trinajstić information content (AvgIpc) is 2.39. The fraction of sp³-hybridized carbons (Fsp3) is 0.385. The van der Waals surface area contributed by atoms with Gasteiger partial charge in [-0.1, -0.05) is 13.8 Å². The number of nitrogens with one attached hydrogen (secondary N) is 2. The molecule has 0 atom stereocenters. The summed E-state index contributed by atoms with van der Waals surface area (Å²) in [6.07, 6.45) is 0.860. The van der Waals surface area contributed by atoms with Crippen LogP contribution in [0.15, 0.2) is 18.2 Å². The quantitative estimate of drug-likeness (QED) is 0.880. The fourth-order valence-corrected chi connectivity index (χ4v) is 1.57. The summed E-state index contributed by atoms with van der Waals surface area (Å²) in [6, 6.07) is 4.16. The molecule has 102 valence electrons. The molecule has 4 nitrogen and oxygen atoms in total. The van der Waals surface area contributed by atoms with E-state index in [1.807, 2.05) is 6.07 Å². The van der Waals surface area contributed by atoms with Crippen LogP contribution in [0.1, 0.15) is 26.7 Å². The first-order valence-corrected chi connectivity index (χ1v) is 5.92. The highest BCUT2D eigenvalue weighted by atomic mass is 19.1. The van der Waals surface area contributed by atoms with Gasteiger partial charge in [-0.3, -0.25) is 0 Å². The van der Waals surface area contributed by atoms with Gasteiger partial charge in [-0.2, -0.15) is 5.26 Å². The first kappa shape index (κ1) is 14.9. The van der Waals surface area contributed by atoms with Crippen LogP contribution in [0.5, 0.6) is 0 Å². The number of nitriles is 1. The van der Waals surface area contributed by atoms with Gasteiger partial charge in [-0.05, 0) is 25.0 Å². The van der Waals surface area contributed by atoms with E-state index in [0.717, 1.165) is 12.1 Å². The second kappa shape index (κ2) is 6.14. The van der Waals surface area contributed by atoms with Crippen molar-refractivity contribution in [3.05, 3.63) is 29.8 Å². The number of hydrogen-bond donors (Lipinski definition) is 2. The lowest BCUT2D eigenvalue weighted by Crippen LogP contribution is -2.48. The molecule has 0 aliphatic carbocycles. The summed E-state index contributed by atoms with van der Waals surface area (Å²) < 4.78 is 26.1. The minimum Gasteiger partial charge on any atom is -0.319 e. The molecule has 0 bridgehead atoms. The van der Waals surface area contributed by atoms with Crippen molar-refractivity contribution in [1.82, 2.24) is 5.32 Å². The van der Waals surface area contributed by atoms with E-state index >= 15 is 0 Å². The Morgan fingerprint density at radius 2 is 2.00 bits per heavy atom. The van der Waals surface area contributed by atoms with Crippen LogP contribution < -0.4 is 10.6 Å². The summed E-state index contributed by atoms with van der Waals surface area (Å²) >= 11 is 0. The normalized spacial score (nSPS) is 10.7. The highest BCUT2D eigenvalue weighted by molar-refractivity contribution is 5.90. The van der Waals surface area contributed by atoms with Crippen LogP contribution in [0, 0.1) is 23.0 Å². The monoisotopic (exact) mass is 267 g/mol. The van der Waals surface area contributed by atoms with Gasteiger partial charge < -0.3 is 10.6 Å². The Kier molecular flexibility index (Phi) is 4.81. The molecule has 19 heavy (non-hydrogen) atoms. The fourth-order valence-electron chi connectivity index (χ4n) is 1.57. The van der Waals surface area contributed by atoms with Crippen molar-refractivity contribution >= 4 is 11.7 Å². The topological polar surface area (TPSA) is 64.9 Å². The minimum absolute atomic E-state index is 0.141. The lowest BCUT2D eigenvalue weighted by atomic mass is 9.95. The molecular weight excluding hydrogens is 252 g/mol. The Labute approximate surface area is 110 Å². The van der Waals surface area contributed by atoms with Crippen molar-refractivity contribution in [3.8, 4) is 6.07 Å². The Morgan fingerprint density at radius 3 is 2.47 bits per heavy atom.